The lowest BCUT2D eigenvalue weighted by Gasteiger charge is -2.06. The van der Waals surface area contributed by atoms with Gasteiger partial charge in [0.1, 0.15) is 23.1 Å². The Hall–Kier alpha value is -2.31. The molecule has 0 N–H and O–H groups in total. The average Bonchev–Trinajstić information content (AvgIpc) is 2.94. The molecule has 140 valence electrons. The molecule has 0 radical (unpaired) electrons. The summed E-state index contributed by atoms with van der Waals surface area (Å²) in [6.07, 6.45) is 0. The number of ether oxygens (including phenoxy) is 1. The highest BCUT2D eigenvalue weighted by Gasteiger charge is 2.21. The molecule has 0 aliphatic rings. The third-order valence-corrected chi connectivity index (χ3v) is 5.25. The summed E-state index contributed by atoms with van der Waals surface area (Å²) >= 11 is 7.64. The number of aromatic nitrogens is 2. The van der Waals surface area contributed by atoms with E-state index in [1.165, 1.54) is 17.8 Å². The van der Waals surface area contributed by atoms with Crippen LogP contribution < -0.4 is 0 Å². The molecule has 1 heterocycles. The minimum atomic E-state index is -0.522. The van der Waals surface area contributed by atoms with Gasteiger partial charge in [-0.2, -0.15) is 5.10 Å². The number of esters is 1. The summed E-state index contributed by atoms with van der Waals surface area (Å²) in [5.74, 6) is -0.359. The van der Waals surface area contributed by atoms with Crippen molar-refractivity contribution < 1.29 is 13.9 Å². The number of hydrogen-bond donors (Lipinski definition) is 0. The molecule has 0 bridgehead atoms. The van der Waals surface area contributed by atoms with E-state index in [2.05, 4.69) is 5.10 Å². The lowest BCUT2D eigenvalue weighted by atomic mass is 10.2. The van der Waals surface area contributed by atoms with Crippen molar-refractivity contribution in [2.24, 2.45) is 0 Å². The Labute approximate surface area is 166 Å². The first kappa shape index (κ1) is 19.5. The molecule has 3 rings (SSSR count). The molecule has 1 aromatic heterocycles. The summed E-state index contributed by atoms with van der Waals surface area (Å²) in [6, 6.07) is 16.2. The summed E-state index contributed by atoms with van der Waals surface area (Å²) in [5.41, 5.74) is 1.81. The highest BCUT2D eigenvalue weighted by atomic mass is 35.5. The van der Waals surface area contributed by atoms with Crippen LogP contribution in [0.25, 0.3) is 0 Å². The Morgan fingerprint density at radius 3 is 2.63 bits per heavy atom. The Balaban J connectivity index is 1.59. The van der Waals surface area contributed by atoms with Gasteiger partial charge in [0.15, 0.2) is 0 Å². The molecule has 3 aromatic rings. The summed E-state index contributed by atoms with van der Waals surface area (Å²) in [6.45, 7) is 2.34. The first-order valence-corrected chi connectivity index (χ1v) is 9.74. The number of thioether (sulfide) groups is 1. The molecule has 27 heavy (non-hydrogen) atoms. The quantitative estimate of drug-likeness (QED) is 0.316. The third-order valence-electron chi connectivity index (χ3n) is 3.86. The van der Waals surface area contributed by atoms with Crippen molar-refractivity contribution in [3.05, 3.63) is 82.4 Å². The average molecular weight is 405 g/mol. The van der Waals surface area contributed by atoms with E-state index in [-0.39, 0.29) is 23.1 Å². The SMILES string of the molecule is Cc1nn(Cc2ccccc2)c(Cl)c1C(=O)OCCSc1ccccc1F. The Kier molecular flexibility index (Phi) is 6.53. The van der Waals surface area contributed by atoms with Gasteiger partial charge in [-0.15, -0.1) is 11.8 Å². The zero-order valence-electron chi connectivity index (χ0n) is 14.7. The summed E-state index contributed by atoms with van der Waals surface area (Å²) in [7, 11) is 0. The second-order valence-corrected chi connectivity index (χ2v) is 7.30. The van der Waals surface area contributed by atoms with E-state index in [4.69, 9.17) is 16.3 Å². The summed E-state index contributed by atoms with van der Waals surface area (Å²) in [4.78, 5) is 12.9. The first-order chi connectivity index (χ1) is 13.1. The minimum Gasteiger partial charge on any atom is -0.461 e. The van der Waals surface area contributed by atoms with Crippen LogP contribution in [0.3, 0.4) is 0 Å². The monoisotopic (exact) mass is 404 g/mol. The Morgan fingerprint density at radius 1 is 1.19 bits per heavy atom. The normalized spacial score (nSPS) is 10.8. The number of carbonyl (C=O) groups is 1. The van der Waals surface area contributed by atoms with Crippen LogP contribution >= 0.6 is 23.4 Å². The molecule has 0 aliphatic heterocycles. The fraction of sp³-hybridized carbons (Fsp3) is 0.200. The number of carbonyl (C=O) groups excluding carboxylic acids is 1. The Bertz CT molecular complexity index is 931. The van der Waals surface area contributed by atoms with Crippen molar-refractivity contribution in [1.29, 1.82) is 0 Å². The summed E-state index contributed by atoms with van der Waals surface area (Å²) in [5, 5.41) is 4.60. The van der Waals surface area contributed by atoms with Gasteiger partial charge in [-0.3, -0.25) is 0 Å². The molecule has 0 saturated carbocycles. The molecule has 4 nitrogen and oxygen atoms in total. The van der Waals surface area contributed by atoms with Gasteiger partial charge < -0.3 is 4.74 Å². The number of hydrogen-bond acceptors (Lipinski definition) is 4. The van der Waals surface area contributed by atoms with Crippen molar-refractivity contribution in [3.8, 4) is 0 Å². The maximum Gasteiger partial charge on any atom is 0.343 e. The van der Waals surface area contributed by atoms with E-state index in [9.17, 15) is 9.18 Å². The number of rotatable bonds is 7. The van der Waals surface area contributed by atoms with Crippen molar-refractivity contribution in [1.82, 2.24) is 9.78 Å². The zero-order chi connectivity index (χ0) is 19.2. The smallest absolute Gasteiger partial charge is 0.343 e. The number of halogens is 2. The van der Waals surface area contributed by atoms with E-state index in [1.807, 2.05) is 30.3 Å². The molecule has 0 saturated heterocycles. The fourth-order valence-corrected chi connectivity index (χ4v) is 3.65. The van der Waals surface area contributed by atoms with Gasteiger partial charge in [0, 0.05) is 10.6 Å². The molecular weight excluding hydrogens is 387 g/mol. The van der Waals surface area contributed by atoms with Crippen LogP contribution in [-0.4, -0.2) is 28.1 Å². The molecule has 0 amide bonds. The van der Waals surface area contributed by atoms with Crippen molar-refractivity contribution in [2.75, 3.05) is 12.4 Å². The van der Waals surface area contributed by atoms with Crippen LogP contribution in [0.15, 0.2) is 59.5 Å². The van der Waals surface area contributed by atoms with Gasteiger partial charge in [-0.25, -0.2) is 13.9 Å². The van der Waals surface area contributed by atoms with Crippen LogP contribution in [0.4, 0.5) is 4.39 Å². The van der Waals surface area contributed by atoms with Gasteiger partial charge in [0.2, 0.25) is 0 Å². The van der Waals surface area contributed by atoms with Gasteiger partial charge in [0.25, 0.3) is 0 Å². The van der Waals surface area contributed by atoms with Gasteiger partial charge >= 0.3 is 5.97 Å². The van der Waals surface area contributed by atoms with E-state index in [0.29, 0.717) is 22.9 Å². The second kappa shape index (κ2) is 9.06. The zero-order valence-corrected chi connectivity index (χ0v) is 16.3. The standard InChI is InChI=1S/C20H18ClFN2O2S/c1-14-18(19(21)24(23-14)13-15-7-3-2-4-8-15)20(25)26-11-12-27-17-10-6-5-9-16(17)22/h2-10H,11-13H2,1H3. The fourth-order valence-electron chi connectivity index (χ4n) is 2.57. The van der Waals surface area contributed by atoms with Crippen LogP contribution in [0.2, 0.25) is 5.15 Å². The van der Waals surface area contributed by atoms with Crippen LogP contribution in [0.1, 0.15) is 21.6 Å². The molecule has 7 heteroatoms. The number of aryl methyl sites for hydroxylation is 1. The largest absolute Gasteiger partial charge is 0.461 e. The molecule has 0 atom stereocenters. The topological polar surface area (TPSA) is 44.1 Å². The predicted molar refractivity (Wildman–Crippen MR) is 105 cm³/mol. The van der Waals surface area contributed by atoms with Crippen molar-refractivity contribution >= 4 is 29.3 Å². The molecule has 0 fully saturated rings. The highest BCUT2D eigenvalue weighted by molar-refractivity contribution is 7.99. The molecule has 0 unspecified atom stereocenters. The number of benzene rings is 2. The lowest BCUT2D eigenvalue weighted by molar-refractivity contribution is 0.0529. The third kappa shape index (κ3) is 4.90. The van der Waals surface area contributed by atoms with Crippen LogP contribution in [0, 0.1) is 12.7 Å². The van der Waals surface area contributed by atoms with Gasteiger partial charge in [0.05, 0.1) is 12.2 Å². The maximum atomic E-state index is 13.6. The van der Waals surface area contributed by atoms with Crippen LogP contribution in [0.5, 0.6) is 0 Å². The van der Waals surface area contributed by atoms with E-state index < -0.39 is 5.97 Å². The highest BCUT2D eigenvalue weighted by Crippen LogP contribution is 2.23. The molecular formula is C20H18ClFN2O2S. The number of nitrogens with zero attached hydrogens (tertiary/aromatic N) is 2. The van der Waals surface area contributed by atoms with E-state index in [1.54, 1.807) is 29.8 Å². The minimum absolute atomic E-state index is 0.150. The molecule has 0 spiro atoms. The first-order valence-electron chi connectivity index (χ1n) is 8.37. The summed E-state index contributed by atoms with van der Waals surface area (Å²) < 4.78 is 20.4. The second-order valence-electron chi connectivity index (χ2n) is 5.81. The predicted octanol–water partition coefficient (Wildman–Crippen LogP) is 4.98. The lowest BCUT2D eigenvalue weighted by Crippen LogP contribution is -2.09. The molecule has 0 aliphatic carbocycles. The van der Waals surface area contributed by atoms with Crippen molar-refractivity contribution in [2.45, 2.75) is 18.4 Å². The van der Waals surface area contributed by atoms with E-state index in [0.717, 1.165) is 5.56 Å². The maximum absolute atomic E-state index is 13.6. The Morgan fingerprint density at radius 2 is 1.89 bits per heavy atom. The van der Waals surface area contributed by atoms with Gasteiger partial charge in [-0.05, 0) is 24.6 Å². The molecule has 2 aromatic carbocycles. The van der Waals surface area contributed by atoms with E-state index >= 15 is 0 Å². The van der Waals surface area contributed by atoms with Crippen LogP contribution in [-0.2, 0) is 11.3 Å². The van der Waals surface area contributed by atoms with Crippen molar-refractivity contribution in [3.63, 3.8) is 0 Å². The van der Waals surface area contributed by atoms with Gasteiger partial charge in [-0.1, -0.05) is 54.1 Å².